The standard InChI is InChI=1S/C30H32N4O3S/c35-30(25-10-14-26(15-11-25)34-22-31-28-8-4-5-9-29(28)34)32-18-20-33(21-19-32)38(36,37)27-16-12-24(13-17-27)23-6-2-1-3-7-23/h4-5,8-17,22-23H,1-3,6-7,18-21H2. The fourth-order valence-corrected chi connectivity index (χ4v) is 7.16. The summed E-state index contributed by atoms with van der Waals surface area (Å²) in [6.45, 7) is 1.31. The Morgan fingerprint density at radius 1 is 0.789 bits per heavy atom. The van der Waals surface area contributed by atoms with E-state index in [2.05, 4.69) is 4.98 Å². The predicted octanol–water partition coefficient (Wildman–Crippen LogP) is 5.22. The predicted molar refractivity (Wildman–Crippen MR) is 148 cm³/mol. The van der Waals surface area contributed by atoms with Crippen molar-refractivity contribution in [3.63, 3.8) is 0 Å². The lowest BCUT2D eigenvalue weighted by atomic mass is 9.84. The van der Waals surface area contributed by atoms with E-state index in [0.717, 1.165) is 16.7 Å². The average molecular weight is 529 g/mol. The molecule has 1 aliphatic carbocycles. The third-order valence-corrected chi connectivity index (χ3v) is 9.88. The summed E-state index contributed by atoms with van der Waals surface area (Å²) >= 11 is 0. The number of fused-ring (bicyclic) bond motifs is 1. The summed E-state index contributed by atoms with van der Waals surface area (Å²) in [4.78, 5) is 19.7. The molecule has 8 heteroatoms. The van der Waals surface area contributed by atoms with Gasteiger partial charge in [0, 0.05) is 37.4 Å². The Morgan fingerprint density at radius 2 is 1.47 bits per heavy atom. The minimum Gasteiger partial charge on any atom is -0.336 e. The van der Waals surface area contributed by atoms with Crippen LogP contribution in [-0.4, -0.2) is 59.3 Å². The van der Waals surface area contributed by atoms with Crippen molar-refractivity contribution >= 4 is 27.0 Å². The zero-order valence-electron chi connectivity index (χ0n) is 21.4. The SMILES string of the molecule is O=C(c1ccc(-n2cnc3ccccc32)cc1)N1CCN(S(=O)(=O)c2ccc(C3CCCCC3)cc2)CC1. The number of imidazole rings is 1. The minimum absolute atomic E-state index is 0.0825. The fourth-order valence-electron chi connectivity index (χ4n) is 5.74. The van der Waals surface area contributed by atoms with Crippen LogP contribution in [0.5, 0.6) is 0 Å². The van der Waals surface area contributed by atoms with Crippen molar-refractivity contribution in [2.45, 2.75) is 42.9 Å². The Morgan fingerprint density at radius 3 is 2.18 bits per heavy atom. The first-order valence-corrected chi connectivity index (χ1v) is 14.9. The normalized spacial score (nSPS) is 17.6. The summed E-state index contributed by atoms with van der Waals surface area (Å²) in [5.41, 5.74) is 4.69. The van der Waals surface area contributed by atoms with Crippen molar-refractivity contribution in [3.05, 3.63) is 90.3 Å². The molecule has 0 radical (unpaired) electrons. The van der Waals surface area contributed by atoms with Gasteiger partial charge in [0.15, 0.2) is 0 Å². The van der Waals surface area contributed by atoms with Gasteiger partial charge in [-0.05, 0) is 72.9 Å². The van der Waals surface area contributed by atoms with Crippen LogP contribution in [0.25, 0.3) is 16.7 Å². The van der Waals surface area contributed by atoms with Crippen molar-refractivity contribution in [1.82, 2.24) is 18.8 Å². The number of para-hydroxylation sites is 2. The smallest absolute Gasteiger partial charge is 0.253 e. The largest absolute Gasteiger partial charge is 0.336 e. The summed E-state index contributed by atoms with van der Waals surface area (Å²) in [5, 5.41) is 0. The Bertz CT molecular complexity index is 1530. The Kier molecular flexibility index (Phi) is 6.76. The molecule has 1 amide bonds. The molecule has 0 N–H and O–H groups in total. The third-order valence-electron chi connectivity index (χ3n) is 7.97. The molecule has 1 aliphatic heterocycles. The van der Waals surface area contributed by atoms with E-state index in [1.807, 2.05) is 65.2 Å². The number of amides is 1. The number of hydrogen-bond acceptors (Lipinski definition) is 4. The Hall–Kier alpha value is -3.49. The number of piperazine rings is 1. The van der Waals surface area contributed by atoms with Gasteiger partial charge in [0.2, 0.25) is 10.0 Å². The molecule has 0 spiro atoms. The van der Waals surface area contributed by atoms with Gasteiger partial charge in [0.25, 0.3) is 5.91 Å². The van der Waals surface area contributed by atoms with Gasteiger partial charge in [-0.15, -0.1) is 0 Å². The zero-order valence-corrected chi connectivity index (χ0v) is 22.2. The van der Waals surface area contributed by atoms with Crippen LogP contribution in [-0.2, 0) is 10.0 Å². The first-order valence-electron chi connectivity index (χ1n) is 13.4. The number of nitrogens with zero attached hydrogens (tertiary/aromatic N) is 4. The fraction of sp³-hybridized carbons (Fsp3) is 0.333. The number of rotatable bonds is 5. The number of aromatic nitrogens is 2. The van der Waals surface area contributed by atoms with Crippen molar-refractivity contribution in [2.75, 3.05) is 26.2 Å². The lowest BCUT2D eigenvalue weighted by Crippen LogP contribution is -2.50. The first kappa shape index (κ1) is 24.8. The van der Waals surface area contributed by atoms with E-state index >= 15 is 0 Å². The molecule has 38 heavy (non-hydrogen) atoms. The molecule has 1 saturated heterocycles. The second-order valence-electron chi connectivity index (χ2n) is 10.3. The number of hydrogen-bond donors (Lipinski definition) is 0. The number of carbonyl (C=O) groups excluding carboxylic acids is 1. The van der Waals surface area contributed by atoms with Crippen molar-refractivity contribution < 1.29 is 13.2 Å². The molecule has 4 aromatic rings. The minimum atomic E-state index is -3.59. The van der Waals surface area contributed by atoms with Crippen molar-refractivity contribution in [3.8, 4) is 5.69 Å². The van der Waals surface area contributed by atoms with Crippen LogP contribution in [0.15, 0.2) is 84.0 Å². The molecule has 7 nitrogen and oxygen atoms in total. The molecule has 3 aromatic carbocycles. The van der Waals surface area contributed by atoms with Gasteiger partial charge in [-0.1, -0.05) is 43.5 Å². The Balaban J connectivity index is 1.09. The van der Waals surface area contributed by atoms with Crippen LogP contribution in [0, 0.1) is 0 Å². The number of carbonyl (C=O) groups is 1. The number of sulfonamides is 1. The molecule has 2 aliphatic rings. The second-order valence-corrected chi connectivity index (χ2v) is 12.2. The summed E-state index contributed by atoms with van der Waals surface area (Å²) < 4.78 is 30.1. The molecular formula is C30H32N4O3S. The van der Waals surface area contributed by atoms with E-state index in [0.29, 0.717) is 29.5 Å². The molecule has 6 rings (SSSR count). The van der Waals surface area contributed by atoms with Crippen LogP contribution in [0.3, 0.4) is 0 Å². The number of benzene rings is 3. The molecule has 0 atom stereocenters. The van der Waals surface area contributed by atoms with E-state index in [4.69, 9.17) is 0 Å². The van der Waals surface area contributed by atoms with Crippen molar-refractivity contribution in [2.24, 2.45) is 0 Å². The topological polar surface area (TPSA) is 75.5 Å². The molecular weight excluding hydrogens is 496 g/mol. The summed E-state index contributed by atoms with van der Waals surface area (Å²) in [5.74, 6) is 0.462. The quantitative estimate of drug-likeness (QED) is 0.356. The van der Waals surface area contributed by atoms with E-state index in [9.17, 15) is 13.2 Å². The van der Waals surface area contributed by atoms with Gasteiger partial charge in [0.1, 0.15) is 6.33 Å². The summed E-state index contributed by atoms with van der Waals surface area (Å²) in [6, 6.07) is 22.9. The highest BCUT2D eigenvalue weighted by Gasteiger charge is 2.30. The van der Waals surface area contributed by atoms with Crippen LogP contribution in [0.2, 0.25) is 0 Å². The highest BCUT2D eigenvalue weighted by atomic mass is 32.2. The monoisotopic (exact) mass is 528 g/mol. The average Bonchev–Trinajstić information content (AvgIpc) is 3.42. The summed E-state index contributed by atoms with van der Waals surface area (Å²) in [7, 11) is -3.59. The molecule has 0 unspecified atom stereocenters. The lowest BCUT2D eigenvalue weighted by molar-refractivity contribution is 0.0698. The maximum Gasteiger partial charge on any atom is 0.253 e. The second kappa shape index (κ2) is 10.3. The molecule has 1 aromatic heterocycles. The van der Waals surface area contributed by atoms with Crippen LogP contribution >= 0.6 is 0 Å². The van der Waals surface area contributed by atoms with Gasteiger partial charge >= 0.3 is 0 Å². The maximum atomic E-state index is 13.3. The zero-order chi connectivity index (χ0) is 26.1. The van der Waals surface area contributed by atoms with E-state index in [1.165, 1.54) is 42.0 Å². The molecule has 196 valence electrons. The Labute approximate surface area is 223 Å². The van der Waals surface area contributed by atoms with Gasteiger partial charge in [-0.3, -0.25) is 9.36 Å². The van der Waals surface area contributed by atoms with Crippen LogP contribution < -0.4 is 0 Å². The van der Waals surface area contributed by atoms with Gasteiger partial charge in [-0.25, -0.2) is 13.4 Å². The van der Waals surface area contributed by atoms with Crippen molar-refractivity contribution in [1.29, 1.82) is 0 Å². The van der Waals surface area contributed by atoms with E-state index in [-0.39, 0.29) is 19.0 Å². The molecule has 2 heterocycles. The van der Waals surface area contributed by atoms with E-state index in [1.54, 1.807) is 23.4 Å². The van der Waals surface area contributed by atoms with Gasteiger partial charge in [-0.2, -0.15) is 4.31 Å². The summed E-state index contributed by atoms with van der Waals surface area (Å²) in [6.07, 6.45) is 7.95. The van der Waals surface area contributed by atoms with Gasteiger partial charge in [0.05, 0.1) is 15.9 Å². The third kappa shape index (κ3) is 4.74. The molecule has 1 saturated carbocycles. The molecule has 2 fully saturated rings. The first-order chi connectivity index (χ1) is 18.5. The van der Waals surface area contributed by atoms with Crippen LogP contribution in [0.4, 0.5) is 0 Å². The highest BCUT2D eigenvalue weighted by molar-refractivity contribution is 7.89. The lowest BCUT2D eigenvalue weighted by Gasteiger charge is -2.34. The van der Waals surface area contributed by atoms with E-state index < -0.39 is 10.0 Å². The molecule has 0 bridgehead atoms. The van der Waals surface area contributed by atoms with Crippen LogP contribution in [0.1, 0.15) is 53.9 Å². The van der Waals surface area contributed by atoms with Gasteiger partial charge < -0.3 is 4.90 Å². The highest BCUT2D eigenvalue weighted by Crippen LogP contribution is 2.33. The maximum absolute atomic E-state index is 13.3.